The summed E-state index contributed by atoms with van der Waals surface area (Å²) in [4.78, 5) is 4.16. The first-order chi connectivity index (χ1) is 10.2. The van der Waals surface area contributed by atoms with Gasteiger partial charge >= 0.3 is 0 Å². The Kier molecular flexibility index (Phi) is 3.84. The van der Waals surface area contributed by atoms with Crippen molar-refractivity contribution in [3.63, 3.8) is 0 Å². The largest absolute Gasteiger partial charge is 0.508 e. The van der Waals surface area contributed by atoms with Crippen molar-refractivity contribution in [2.45, 2.75) is 19.5 Å². The van der Waals surface area contributed by atoms with Gasteiger partial charge in [-0.05, 0) is 41.6 Å². The molecule has 0 saturated heterocycles. The van der Waals surface area contributed by atoms with E-state index in [2.05, 4.69) is 35.4 Å². The molecule has 3 heteroatoms. The van der Waals surface area contributed by atoms with Crippen LogP contribution in [0.4, 0.5) is 0 Å². The molecule has 1 atom stereocenters. The van der Waals surface area contributed by atoms with E-state index < -0.39 is 0 Å². The van der Waals surface area contributed by atoms with Crippen molar-refractivity contribution in [3.05, 3.63) is 72.1 Å². The fraction of sp³-hybridized carbons (Fsp3) is 0.167. The van der Waals surface area contributed by atoms with Gasteiger partial charge in [0.15, 0.2) is 0 Å². The number of phenolic OH excluding ortho intramolecular Hbond substituents is 1. The summed E-state index contributed by atoms with van der Waals surface area (Å²) in [6.07, 6.45) is 3.71. The van der Waals surface area contributed by atoms with Gasteiger partial charge < -0.3 is 10.4 Å². The highest BCUT2D eigenvalue weighted by Crippen LogP contribution is 2.20. The third kappa shape index (κ3) is 3.03. The lowest BCUT2D eigenvalue weighted by Gasteiger charge is -2.15. The van der Waals surface area contributed by atoms with Crippen molar-refractivity contribution in [3.8, 4) is 5.75 Å². The Morgan fingerprint density at radius 1 is 1.14 bits per heavy atom. The topological polar surface area (TPSA) is 45.2 Å². The van der Waals surface area contributed by atoms with E-state index >= 15 is 0 Å². The summed E-state index contributed by atoms with van der Waals surface area (Å²) < 4.78 is 0. The van der Waals surface area contributed by atoms with E-state index in [0.29, 0.717) is 5.75 Å². The van der Waals surface area contributed by atoms with Gasteiger partial charge in [0.25, 0.3) is 0 Å². The molecule has 2 aromatic carbocycles. The maximum atomic E-state index is 9.55. The van der Waals surface area contributed by atoms with E-state index in [1.54, 1.807) is 12.1 Å². The Hall–Kier alpha value is -2.39. The number of pyridine rings is 1. The van der Waals surface area contributed by atoms with Gasteiger partial charge in [-0.2, -0.15) is 0 Å². The number of rotatable bonds is 4. The summed E-state index contributed by atoms with van der Waals surface area (Å²) in [6, 6.07) is 15.9. The number of hydrogen-bond donors (Lipinski definition) is 2. The molecule has 0 amide bonds. The lowest BCUT2D eigenvalue weighted by molar-refractivity contribution is 0.472. The SMILES string of the molecule is CC(NCc1cccc2cnccc12)c1cccc(O)c1. The summed E-state index contributed by atoms with van der Waals surface area (Å²) in [5, 5.41) is 15.4. The van der Waals surface area contributed by atoms with Crippen molar-refractivity contribution in [1.29, 1.82) is 0 Å². The summed E-state index contributed by atoms with van der Waals surface area (Å²) in [5.74, 6) is 0.303. The molecule has 0 aliphatic carbocycles. The van der Waals surface area contributed by atoms with E-state index in [-0.39, 0.29) is 6.04 Å². The molecule has 3 aromatic rings. The van der Waals surface area contributed by atoms with Crippen LogP contribution in [0.1, 0.15) is 24.1 Å². The molecule has 21 heavy (non-hydrogen) atoms. The summed E-state index contributed by atoms with van der Waals surface area (Å²) in [5.41, 5.74) is 2.33. The molecule has 2 N–H and O–H groups in total. The van der Waals surface area contributed by atoms with Crippen molar-refractivity contribution in [2.75, 3.05) is 0 Å². The minimum Gasteiger partial charge on any atom is -0.508 e. The van der Waals surface area contributed by atoms with Crippen LogP contribution in [0.25, 0.3) is 10.8 Å². The monoisotopic (exact) mass is 278 g/mol. The maximum absolute atomic E-state index is 9.55. The second-order valence-corrected chi connectivity index (χ2v) is 5.21. The van der Waals surface area contributed by atoms with Crippen LogP contribution in [0.5, 0.6) is 5.75 Å². The number of nitrogens with zero attached hydrogens (tertiary/aromatic N) is 1. The molecule has 0 fully saturated rings. The Morgan fingerprint density at radius 3 is 2.86 bits per heavy atom. The highest BCUT2D eigenvalue weighted by atomic mass is 16.3. The molecule has 3 nitrogen and oxygen atoms in total. The van der Waals surface area contributed by atoms with Crippen LogP contribution in [-0.2, 0) is 6.54 Å². The molecule has 0 spiro atoms. The summed E-state index contributed by atoms with van der Waals surface area (Å²) in [6.45, 7) is 2.87. The lowest BCUT2D eigenvalue weighted by Crippen LogP contribution is -2.18. The smallest absolute Gasteiger partial charge is 0.115 e. The normalized spacial score (nSPS) is 12.4. The number of aromatic hydroxyl groups is 1. The van der Waals surface area contributed by atoms with E-state index in [9.17, 15) is 5.11 Å². The van der Waals surface area contributed by atoms with Gasteiger partial charge in [-0.25, -0.2) is 0 Å². The Bertz CT molecular complexity index is 750. The van der Waals surface area contributed by atoms with Gasteiger partial charge in [0.05, 0.1) is 0 Å². The number of phenols is 1. The Balaban J connectivity index is 1.77. The first-order valence-corrected chi connectivity index (χ1v) is 7.08. The van der Waals surface area contributed by atoms with Crippen LogP contribution >= 0.6 is 0 Å². The molecule has 0 saturated carbocycles. The highest BCUT2D eigenvalue weighted by molar-refractivity contribution is 5.84. The molecule has 0 aliphatic heterocycles. The molecular formula is C18H18N2O. The molecule has 0 bridgehead atoms. The molecular weight excluding hydrogens is 260 g/mol. The molecule has 3 rings (SSSR count). The maximum Gasteiger partial charge on any atom is 0.115 e. The van der Waals surface area contributed by atoms with Crippen molar-refractivity contribution in [2.24, 2.45) is 0 Å². The van der Waals surface area contributed by atoms with Crippen LogP contribution < -0.4 is 5.32 Å². The predicted molar refractivity (Wildman–Crippen MR) is 85.1 cm³/mol. The Labute approximate surface area is 124 Å². The fourth-order valence-electron chi connectivity index (χ4n) is 2.52. The second kappa shape index (κ2) is 5.94. The second-order valence-electron chi connectivity index (χ2n) is 5.21. The average molecular weight is 278 g/mol. The van der Waals surface area contributed by atoms with Gasteiger partial charge in [-0.15, -0.1) is 0 Å². The number of hydrogen-bond acceptors (Lipinski definition) is 3. The van der Waals surface area contributed by atoms with Crippen LogP contribution in [-0.4, -0.2) is 10.1 Å². The molecule has 1 unspecified atom stereocenters. The minimum absolute atomic E-state index is 0.175. The van der Waals surface area contributed by atoms with Gasteiger partial charge in [-0.1, -0.05) is 30.3 Å². The molecule has 0 radical (unpaired) electrons. The molecule has 0 aliphatic rings. The van der Waals surface area contributed by atoms with Crippen molar-refractivity contribution < 1.29 is 5.11 Å². The standard InChI is InChI=1S/C18H18N2O/c1-13(14-4-3-7-17(21)10-14)20-12-16-6-2-5-15-11-19-9-8-18(15)16/h2-11,13,20-21H,12H2,1H3. The number of benzene rings is 2. The van der Waals surface area contributed by atoms with Gasteiger partial charge in [-0.3, -0.25) is 4.98 Å². The van der Waals surface area contributed by atoms with Gasteiger partial charge in [0.2, 0.25) is 0 Å². The first-order valence-electron chi connectivity index (χ1n) is 7.08. The minimum atomic E-state index is 0.175. The lowest BCUT2D eigenvalue weighted by atomic mass is 10.0. The van der Waals surface area contributed by atoms with E-state index in [1.807, 2.05) is 30.6 Å². The zero-order valence-corrected chi connectivity index (χ0v) is 12.0. The van der Waals surface area contributed by atoms with E-state index in [1.165, 1.54) is 10.9 Å². The quantitative estimate of drug-likeness (QED) is 0.763. The zero-order chi connectivity index (χ0) is 14.7. The van der Waals surface area contributed by atoms with Gasteiger partial charge in [0.1, 0.15) is 5.75 Å². The van der Waals surface area contributed by atoms with Crippen LogP contribution in [0.3, 0.4) is 0 Å². The number of nitrogens with one attached hydrogen (secondary N) is 1. The molecule has 1 heterocycles. The molecule has 106 valence electrons. The summed E-state index contributed by atoms with van der Waals surface area (Å²) >= 11 is 0. The summed E-state index contributed by atoms with van der Waals surface area (Å²) in [7, 11) is 0. The van der Waals surface area contributed by atoms with E-state index in [4.69, 9.17) is 0 Å². The predicted octanol–water partition coefficient (Wildman–Crippen LogP) is 3.79. The van der Waals surface area contributed by atoms with E-state index in [0.717, 1.165) is 17.5 Å². The number of aromatic nitrogens is 1. The van der Waals surface area contributed by atoms with Crippen molar-refractivity contribution >= 4 is 10.8 Å². The first kappa shape index (κ1) is 13.6. The third-order valence-corrected chi connectivity index (χ3v) is 3.74. The highest BCUT2D eigenvalue weighted by Gasteiger charge is 2.07. The fourth-order valence-corrected chi connectivity index (χ4v) is 2.52. The Morgan fingerprint density at radius 2 is 2.00 bits per heavy atom. The molecule has 1 aromatic heterocycles. The average Bonchev–Trinajstić information content (AvgIpc) is 2.52. The van der Waals surface area contributed by atoms with Crippen molar-refractivity contribution in [1.82, 2.24) is 10.3 Å². The zero-order valence-electron chi connectivity index (χ0n) is 12.0. The third-order valence-electron chi connectivity index (χ3n) is 3.74. The number of fused-ring (bicyclic) bond motifs is 1. The van der Waals surface area contributed by atoms with Crippen LogP contribution in [0, 0.1) is 0 Å². The van der Waals surface area contributed by atoms with Crippen LogP contribution in [0.2, 0.25) is 0 Å². The van der Waals surface area contributed by atoms with Crippen LogP contribution in [0.15, 0.2) is 60.9 Å². The van der Waals surface area contributed by atoms with Gasteiger partial charge in [0, 0.05) is 30.4 Å².